The van der Waals surface area contributed by atoms with Crippen molar-refractivity contribution >= 4 is 39.2 Å². The number of rotatable bonds is 9. The van der Waals surface area contributed by atoms with Crippen molar-refractivity contribution in [1.82, 2.24) is 14.9 Å². The maximum absolute atomic E-state index is 13.0. The van der Waals surface area contributed by atoms with Crippen LogP contribution in [0.5, 0.6) is 0 Å². The smallest absolute Gasteiger partial charge is 0.263 e. The van der Waals surface area contributed by atoms with Gasteiger partial charge in [0, 0.05) is 25.6 Å². The standard InChI is InChI=1S/C17H25N3O4S2/c1-10-11(2)25-15-13(10)16(22)20(7-9-24-5)17(19-15)26-12(3)14(21)18-6-8-23-4/h12H,6-9H2,1-5H3,(H,18,21)/t12-/m1/s1. The van der Waals surface area contributed by atoms with Gasteiger partial charge in [-0.05, 0) is 26.3 Å². The first-order valence-electron chi connectivity index (χ1n) is 8.33. The molecule has 7 nitrogen and oxygen atoms in total. The van der Waals surface area contributed by atoms with Gasteiger partial charge < -0.3 is 14.8 Å². The molecule has 0 aliphatic carbocycles. The van der Waals surface area contributed by atoms with E-state index in [9.17, 15) is 9.59 Å². The van der Waals surface area contributed by atoms with E-state index in [2.05, 4.69) is 10.3 Å². The second-order valence-corrected chi connectivity index (χ2v) is 8.36. The van der Waals surface area contributed by atoms with Gasteiger partial charge in [-0.1, -0.05) is 11.8 Å². The van der Waals surface area contributed by atoms with Crippen molar-refractivity contribution < 1.29 is 14.3 Å². The lowest BCUT2D eigenvalue weighted by atomic mass is 10.2. The number of ether oxygens (including phenoxy) is 2. The fourth-order valence-corrected chi connectivity index (χ4v) is 4.44. The Morgan fingerprint density at radius 3 is 2.65 bits per heavy atom. The number of nitrogens with one attached hydrogen (secondary N) is 1. The predicted molar refractivity (Wildman–Crippen MR) is 105 cm³/mol. The highest BCUT2D eigenvalue weighted by Gasteiger charge is 2.21. The number of hydrogen-bond donors (Lipinski definition) is 1. The summed E-state index contributed by atoms with van der Waals surface area (Å²) >= 11 is 2.79. The monoisotopic (exact) mass is 399 g/mol. The van der Waals surface area contributed by atoms with Crippen LogP contribution in [-0.4, -0.2) is 54.7 Å². The molecule has 26 heavy (non-hydrogen) atoms. The largest absolute Gasteiger partial charge is 0.383 e. The lowest BCUT2D eigenvalue weighted by Crippen LogP contribution is -2.34. The Morgan fingerprint density at radius 1 is 1.31 bits per heavy atom. The van der Waals surface area contributed by atoms with E-state index in [1.165, 1.54) is 23.1 Å². The molecule has 144 valence electrons. The normalized spacial score (nSPS) is 12.5. The van der Waals surface area contributed by atoms with Crippen LogP contribution in [0, 0.1) is 13.8 Å². The minimum Gasteiger partial charge on any atom is -0.383 e. The Bertz CT molecular complexity index is 832. The fourth-order valence-electron chi connectivity index (χ4n) is 2.41. The summed E-state index contributed by atoms with van der Waals surface area (Å²) in [6.45, 7) is 7.43. The van der Waals surface area contributed by atoms with Crippen LogP contribution in [0.2, 0.25) is 0 Å². The molecule has 2 aromatic heterocycles. The Balaban J connectivity index is 2.35. The summed E-state index contributed by atoms with van der Waals surface area (Å²) in [5.41, 5.74) is 0.888. The predicted octanol–water partition coefficient (Wildman–Crippen LogP) is 1.96. The van der Waals surface area contributed by atoms with Crippen molar-refractivity contribution in [3.8, 4) is 0 Å². The number of hydrogen-bond acceptors (Lipinski definition) is 7. The molecule has 0 unspecified atom stereocenters. The van der Waals surface area contributed by atoms with Crippen LogP contribution in [-0.2, 0) is 20.8 Å². The van der Waals surface area contributed by atoms with Gasteiger partial charge in [0.15, 0.2) is 5.16 Å². The highest BCUT2D eigenvalue weighted by molar-refractivity contribution is 8.00. The number of amides is 1. The number of nitrogens with zero attached hydrogens (tertiary/aromatic N) is 2. The van der Waals surface area contributed by atoms with Crippen molar-refractivity contribution in [3.05, 3.63) is 20.8 Å². The summed E-state index contributed by atoms with van der Waals surface area (Å²) in [5, 5.41) is 3.62. The van der Waals surface area contributed by atoms with Crippen molar-refractivity contribution in [2.45, 2.75) is 37.7 Å². The van der Waals surface area contributed by atoms with E-state index >= 15 is 0 Å². The highest BCUT2D eigenvalue weighted by Crippen LogP contribution is 2.29. The minimum absolute atomic E-state index is 0.0802. The average molecular weight is 400 g/mol. The van der Waals surface area contributed by atoms with Gasteiger partial charge in [0.25, 0.3) is 5.56 Å². The molecule has 9 heteroatoms. The first kappa shape index (κ1) is 20.9. The highest BCUT2D eigenvalue weighted by atomic mass is 32.2. The number of carbonyl (C=O) groups excluding carboxylic acids is 1. The van der Waals surface area contributed by atoms with Crippen LogP contribution in [0.25, 0.3) is 10.2 Å². The summed E-state index contributed by atoms with van der Waals surface area (Å²) in [6.07, 6.45) is 0. The molecule has 1 N–H and O–H groups in total. The van der Waals surface area contributed by atoms with E-state index in [1.807, 2.05) is 13.8 Å². The maximum Gasteiger partial charge on any atom is 0.263 e. The zero-order valence-corrected chi connectivity index (χ0v) is 17.4. The van der Waals surface area contributed by atoms with E-state index in [1.54, 1.807) is 25.7 Å². The third kappa shape index (κ3) is 4.64. The number of thioether (sulfide) groups is 1. The van der Waals surface area contributed by atoms with Gasteiger partial charge in [-0.2, -0.15) is 0 Å². The van der Waals surface area contributed by atoms with Crippen LogP contribution >= 0.6 is 23.1 Å². The van der Waals surface area contributed by atoms with Gasteiger partial charge in [0.2, 0.25) is 5.91 Å². The van der Waals surface area contributed by atoms with E-state index in [0.717, 1.165) is 10.4 Å². The second-order valence-electron chi connectivity index (χ2n) is 5.85. The fraction of sp³-hybridized carbons (Fsp3) is 0.588. The van der Waals surface area contributed by atoms with Crippen molar-refractivity contribution in [1.29, 1.82) is 0 Å². The summed E-state index contributed by atoms with van der Waals surface area (Å²) in [6, 6.07) is 0. The Hall–Kier alpha value is -1.42. The van der Waals surface area contributed by atoms with Gasteiger partial charge in [-0.3, -0.25) is 14.2 Å². The summed E-state index contributed by atoms with van der Waals surface area (Å²) < 4.78 is 11.7. The molecule has 0 fully saturated rings. The molecule has 1 atom stereocenters. The molecule has 0 spiro atoms. The summed E-state index contributed by atoms with van der Waals surface area (Å²) in [7, 11) is 3.18. The molecule has 0 bridgehead atoms. The van der Waals surface area contributed by atoms with Crippen LogP contribution in [0.4, 0.5) is 0 Å². The molecule has 2 aromatic rings. The lowest BCUT2D eigenvalue weighted by Gasteiger charge is -2.15. The van der Waals surface area contributed by atoms with Gasteiger partial charge in [-0.15, -0.1) is 11.3 Å². The molecule has 1 amide bonds. The average Bonchev–Trinajstić information content (AvgIpc) is 2.89. The summed E-state index contributed by atoms with van der Waals surface area (Å²) in [5.74, 6) is -0.113. The van der Waals surface area contributed by atoms with Crippen molar-refractivity contribution in [3.63, 3.8) is 0 Å². The topological polar surface area (TPSA) is 82.5 Å². The van der Waals surface area contributed by atoms with E-state index < -0.39 is 0 Å². The van der Waals surface area contributed by atoms with Gasteiger partial charge >= 0.3 is 0 Å². The lowest BCUT2D eigenvalue weighted by molar-refractivity contribution is -0.120. The Morgan fingerprint density at radius 2 is 2.00 bits per heavy atom. The van der Waals surface area contributed by atoms with Gasteiger partial charge in [0.1, 0.15) is 4.83 Å². The molecule has 0 radical (unpaired) electrons. The van der Waals surface area contributed by atoms with E-state index in [0.29, 0.717) is 41.7 Å². The van der Waals surface area contributed by atoms with Gasteiger partial charge in [-0.25, -0.2) is 4.98 Å². The Kier molecular flexibility index (Phi) is 7.63. The maximum atomic E-state index is 13.0. The molecule has 0 saturated heterocycles. The van der Waals surface area contributed by atoms with Crippen LogP contribution < -0.4 is 10.9 Å². The third-order valence-electron chi connectivity index (χ3n) is 4.03. The van der Waals surface area contributed by atoms with Crippen molar-refractivity contribution in [2.75, 3.05) is 34.0 Å². The molecule has 0 aliphatic heterocycles. The number of fused-ring (bicyclic) bond motifs is 1. The van der Waals surface area contributed by atoms with Crippen LogP contribution in [0.3, 0.4) is 0 Å². The zero-order chi connectivity index (χ0) is 19.3. The van der Waals surface area contributed by atoms with E-state index in [-0.39, 0.29) is 16.7 Å². The van der Waals surface area contributed by atoms with Crippen LogP contribution in [0.15, 0.2) is 9.95 Å². The zero-order valence-electron chi connectivity index (χ0n) is 15.7. The van der Waals surface area contributed by atoms with Gasteiger partial charge in [0.05, 0.1) is 30.4 Å². The second kappa shape index (κ2) is 9.50. The molecule has 0 saturated carbocycles. The minimum atomic E-state index is -0.382. The number of aryl methyl sites for hydroxylation is 2. The summed E-state index contributed by atoms with van der Waals surface area (Å²) in [4.78, 5) is 31.7. The molecule has 2 rings (SSSR count). The molecular weight excluding hydrogens is 374 g/mol. The Labute approximate surface area is 161 Å². The SMILES string of the molecule is COCCNC(=O)[C@@H](C)Sc1nc2sc(C)c(C)c2c(=O)n1CCOC. The molecule has 2 heterocycles. The number of aromatic nitrogens is 2. The molecule has 0 aromatic carbocycles. The van der Waals surface area contributed by atoms with Crippen molar-refractivity contribution in [2.24, 2.45) is 0 Å². The number of carbonyl (C=O) groups is 1. The first-order valence-corrected chi connectivity index (χ1v) is 10.0. The number of thiophene rings is 1. The molecular formula is C17H25N3O4S2. The van der Waals surface area contributed by atoms with E-state index in [4.69, 9.17) is 9.47 Å². The first-order chi connectivity index (χ1) is 12.4. The van der Waals surface area contributed by atoms with Crippen LogP contribution in [0.1, 0.15) is 17.4 Å². The molecule has 0 aliphatic rings. The quantitative estimate of drug-likeness (QED) is 0.394. The number of methoxy groups -OCH3 is 2. The third-order valence-corrected chi connectivity index (χ3v) is 6.22.